The number of hydrogen-bond acceptors (Lipinski definition) is 8. The predicted molar refractivity (Wildman–Crippen MR) is 124 cm³/mol. The molecule has 3 N–H and O–H groups in total. The number of nitrogen functional groups attached to an aromatic ring is 1. The van der Waals surface area contributed by atoms with Crippen LogP contribution in [0.15, 0.2) is 12.4 Å². The predicted octanol–water partition coefficient (Wildman–Crippen LogP) is 1.74. The first-order chi connectivity index (χ1) is 16.1. The number of anilines is 2. The van der Waals surface area contributed by atoms with Gasteiger partial charge in [-0.3, -0.25) is 4.40 Å². The number of amides is 2. The number of nitrogens with one attached hydrogen (secondary N) is 1. The molecule has 174 valence electrons. The average Bonchev–Trinajstić information content (AvgIpc) is 3.23. The molecule has 0 unspecified atom stereocenters. The molecule has 12 heteroatoms. The van der Waals surface area contributed by atoms with Crippen LogP contribution in [-0.4, -0.2) is 74.7 Å². The van der Waals surface area contributed by atoms with Crippen LogP contribution in [0.4, 0.5) is 16.6 Å². The van der Waals surface area contributed by atoms with Gasteiger partial charge in [0.15, 0.2) is 11.5 Å². The van der Waals surface area contributed by atoms with Crippen LogP contribution < -0.4 is 16.0 Å². The number of aromatic nitrogens is 5. The van der Waals surface area contributed by atoms with E-state index in [2.05, 4.69) is 20.2 Å². The van der Waals surface area contributed by atoms with Crippen molar-refractivity contribution in [2.75, 3.05) is 50.0 Å². The zero-order valence-electron chi connectivity index (χ0n) is 18.4. The van der Waals surface area contributed by atoms with E-state index in [0.29, 0.717) is 74.4 Å². The van der Waals surface area contributed by atoms with E-state index >= 15 is 0 Å². The molecule has 0 radical (unpaired) electrons. The van der Waals surface area contributed by atoms with Gasteiger partial charge in [-0.1, -0.05) is 18.5 Å². The van der Waals surface area contributed by atoms with Crippen molar-refractivity contribution >= 4 is 35.0 Å². The van der Waals surface area contributed by atoms with Crippen LogP contribution in [0.1, 0.15) is 24.7 Å². The molecule has 0 spiro atoms. The van der Waals surface area contributed by atoms with Crippen LogP contribution >= 0.6 is 11.6 Å². The van der Waals surface area contributed by atoms with Crippen molar-refractivity contribution in [3.8, 4) is 11.3 Å². The monoisotopic (exact) mass is 471 g/mol. The summed E-state index contributed by atoms with van der Waals surface area (Å²) in [6, 6.07) is -0.0804. The number of rotatable bonds is 4. The lowest BCUT2D eigenvalue weighted by Crippen LogP contribution is -2.43. The van der Waals surface area contributed by atoms with Crippen LogP contribution in [0.3, 0.4) is 0 Å². The molecule has 3 aromatic rings. The molecule has 33 heavy (non-hydrogen) atoms. The molecular formula is C21H26ClN9O2. The maximum absolute atomic E-state index is 12.6. The average molecular weight is 472 g/mol. The lowest BCUT2D eigenvalue weighted by Gasteiger charge is -2.29. The van der Waals surface area contributed by atoms with Gasteiger partial charge in [-0.05, 0) is 6.42 Å². The summed E-state index contributed by atoms with van der Waals surface area (Å²) in [4.78, 5) is 34.6. The Labute approximate surface area is 195 Å². The fraction of sp³-hybridized carbons (Fsp3) is 0.476. The first kappa shape index (κ1) is 21.7. The fourth-order valence-corrected chi connectivity index (χ4v) is 4.51. The van der Waals surface area contributed by atoms with Crippen LogP contribution in [0.2, 0.25) is 5.15 Å². The normalized spacial score (nSPS) is 16.2. The Morgan fingerprint density at radius 3 is 2.70 bits per heavy atom. The quantitative estimate of drug-likeness (QED) is 0.589. The molecule has 1 fully saturated rings. The summed E-state index contributed by atoms with van der Waals surface area (Å²) in [5.74, 6) is 0.906. The second kappa shape index (κ2) is 8.99. The molecule has 11 nitrogen and oxygen atoms in total. The summed E-state index contributed by atoms with van der Waals surface area (Å²) in [5.41, 5.74) is 9.37. The molecule has 0 bridgehead atoms. The van der Waals surface area contributed by atoms with E-state index in [9.17, 15) is 4.79 Å². The van der Waals surface area contributed by atoms with Gasteiger partial charge in [0, 0.05) is 50.6 Å². The van der Waals surface area contributed by atoms with Gasteiger partial charge in [0.1, 0.15) is 10.8 Å². The summed E-state index contributed by atoms with van der Waals surface area (Å²) in [5, 5.41) is 3.36. The highest BCUT2D eigenvalue weighted by molar-refractivity contribution is 6.32. The van der Waals surface area contributed by atoms with Crippen molar-refractivity contribution in [2.24, 2.45) is 0 Å². The van der Waals surface area contributed by atoms with Crippen LogP contribution in [0, 0.1) is 0 Å². The fourth-order valence-electron chi connectivity index (χ4n) is 4.18. The van der Waals surface area contributed by atoms with Gasteiger partial charge in [0.05, 0.1) is 31.1 Å². The number of hydrogen-bond donors (Lipinski definition) is 2. The maximum atomic E-state index is 12.6. The standard InChI is InChI=1S/C21H26ClN9O2/c1-2-4-24-21(32)30-5-3-14-15(12-30)31-17(22)16(13-10-25-20(23)26-11-13)28-18(19(31)27-14)29-6-8-33-9-7-29/h10-11H,2-9,12H2,1H3,(H,24,32)(H2,23,25,26). The highest BCUT2D eigenvalue weighted by Crippen LogP contribution is 2.35. The molecule has 2 aliphatic rings. The topological polar surface area (TPSA) is 127 Å². The second-order valence-corrected chi connectivity index (χ2v) is 8.43. The molecule has 5 heterocycles. The minimum Gasteiger partial charge on any atom is -0.378 e. The number of carbonyl (C=O) groups excluding carboxylic acids is 1. The second-order valence-electron chi connectivity index (χ2n) is 8.07. The highest BCUT2D eigenvalue weighted by Gasteiger charge is 2.30. The van der Waals surface area contributed by atoms with Gasteiger partial charge in [0.2, 0.25) is 5.95 Å². The summed E-state index contributed by atoms with van der Waals surface area (Å²) in [7, 11) is 0. The Kier molecular flexibility index (Phi) is 5.90. The van der Waals surface area contributed by atoms with Gasteiger partial charge in [0.25, 0.3) is 0 Å². The molecule has 1 saturated heterocycles. The summed E-state index contributed by atoms with van der Waals surface area (Å²) in [6.45, 7) is 6.31. The van der Waals surface area contributed by atoms with Crippen LogP contribution in [0.5, 0.6) is 0 Å². The SMILES string of the molecule is CCCNC(=O)N1CCc2nc3c(N4CCOCC4)nc(-c4cnc(N)nc4)c(Cl)n3c2C1. The first-order valence-corrected chi connectivity index (χ1v) is 11.5. The minimum absolute atomic E-state index is 0.0804. The number of urea groups is 1. The van der Waals surface area contributed by atoms with E-state index in [1.807, 2.05) is 11.3 Å². The van der Waals surface area contributed by atoms with Crippen LogP contribution in [0.25, 0.3) is 16.9 Å². The number of ether oxygens (including phenoxy) is 1. The molecule has 3 aromatic heterocycles. The number of fused-ring (bicyclic) bond motifs is 3. The van der Waals surface area contributed by atoms with Gasteiger partial charge in [-0.2, -0.15) is 0 Å². The third kappa shape index (κ3) is 4.02. The third-order valence-electron chi connectivity index (χ3n) is 5.89. The maximum Gasteiger partial charge on any atom is 0.317 e. The molecule has 2 amide bonds. The smallest absolute Gasteiger partial charge is 0.317 e. The van der Waals surface area contributed by atoms with E-state index < -0.39 is 0 Å². The number of nitrogens with two attached hydrogens (primary N) is 1. The van der Waals surface area contributed by atoms with Gasteiger partial charge in [-0.25, -0.2) is 24.7 Å². The molecule has 0 aliphatic carbocycles. The Morgan fingerprint density at radius 1 is 1.21 bits per heavy atom. The van der Waals surface area contributed by atoms with Crippen molar-refractivity contribution in [3.05, 3.63) is 28.9 Å². The Balaban J connectivity index is 1.64. The Morgan fingerprint density at radius 2 is 1.97 bits per heavy atom. The number of carbonyl (C=O) groups is 1. The molecule has 0 aromatic carbocycles. The number of nitrogens with zero attached hydrogens (tertiary/aromatic N) is 7. The van der Waals surface area contributed by atoms with E-state index in [1.54, 1.807) is 17.3 Å². The zero-order valence-corrected chi connectivity index (χ0v) is 19.2. The largest absolute Gasteiger partial charge is 0.378 e. The van der Waals surface area contributed by atoms with Crippen LogP contribution in [-0.2, 0) is 17.7 Å². The third-order valence-corrected chi connectivity index (χ3v) is 6.24. The zero-order chi connectivity index (χ0) is 22.9. The molecule has 0 atom stereocenters. The molecule has 5 rings (SSSR count). The first-order valence-electron chi connectivity index (χ1n) is 11.1. The summed E-state index contributed by atoms with van der Waals surface area (Å²) < 4.78 is 7.45. The van der Waals surface area contributed by atoms with Gasteiger partial charge < -0.3 is 25.6 Å². The Hall–Kier alpha value is -3.18. The van der Waals surface area contributed by atoms with Crippen molar-refractivity contribution in [2.45, 2.75) is 26.3 Å². The van der Waals surface area contributed by atoms with Gasteiger partial charge >= 0.3 is 6.03 Å². The highest BCUT2D eigenvalue weighted by atomic mass is 35.5. The molecule has 0 saturated carbocycles. The van der Waals surface area contributed by atoms with E-state index in [4.69, 9.17) is 32.0 Å². The van der Waals surface area contributed by atoms with E-state index in [-0.39, 0.29) is 12.0 Å². The van der Waals surface area contributed by atoms with Gasteiger partial charge in [-0.15, -0.1) is 0 Å². The van der Waals surface area contributed by atoms with Crippen molar-refractivity contribution in [1.82, 2.24) is 34.6 Å². The van der Waals surface area contributed by atoms with E-state index in [0.717, 1.165) is 23.6 Å². The van der Waals surface area contributed by atoms with Crippen molar-refractivity contribution in [3.63, 3.8) is 0 Å². The minimum atomic E-state index is -0.0804. The van der Waals surface area contributed by atoms with Crippen molar-refractivity contribution < 1.29 is 9.53 Å². The lowest BCUT2D eigenvalue weighted by atomic mass is 10.1. The number of morpholine rings is 1. The Bertz CT molecular complexity index is 1170. The molecular weight excluding hydrogens is 446 g/mol. The number of imidazole rings is 1. The number of halogens is 1. The lowest BCUT2D eigenvalue weighted by molar-refractivity contribution is 0.122. The van der Waals surface area contributed by atoms with E-state index in [1.165, 1.54) is 0 Å². The summed E-state index contributed by atoms with van der Waals surface area (Å²) in [6.07, 6.45) is 4.75. The van der Waals surface area contributed by atoms with Crippen molar-refractivity contribution in [1.29, 1.82) is 0 Å². The summed E-state index contributed by atoms with van der Waals surface area (Å²) >= 11 is 6.93. The molecule has 2 aliphatic heterocycles.